The molecule has 0 saturated carbocycles. The van der Waals surface area contributed by atoms with E-state index >= 15 is 0 Å². The van der Waals surface area contributed by atoms with Crippen molar-refractivity contribution in [2.24, 2.45) is 0 Å². The zero-order valence-corrected chi connectivity index (χ0v) is 14.7. The summed E-state index contributed by atoms with van der Waals surface area (Å²) in [6.07, 6.45) is 1.04. The highest BCUT2D eigenvalue weighted by Gasteiger charge is 2.34. The molecule has 1 aliphatic heterocycles. The van der Waals surface area contributed by atoms with Gasteiger partial charge in [0.1, 0.15) is 5.82 Å². The Bertz CT molecular complexity index is 766. The topological polar surface area (TPSA) is 107 Å². The van der Waals surface area contributed by atoms with E-state index in [4.69, 9.17) is 10.5 Å². The van der Waals surface area contributed by atoms with Crippen LogP contribution in [-0.2, 0) is 19.4 Å². The number of anilines is 1. The Kier molecular flexibility index (Phi) is 5.99. The highest BCUT2D eigenvalue weighted by Crippen LogP contribution is 2.19. The van der Waals surface area contributed by atoms with Crippen LogP contribution in [0.2, 0.25) is 0 Å². The molecule has 0 spiro atoms. The molecule has 1 saturated heterocycles. The molecule has 138 valence electrons. The van der Waals surface area contributed by atoms with Gasteiger partial charge >= 0.3 is 5.97 Å². The summed E-state index contributed by atoms with van der Waals surface area (Å²) in [5.74, 6) is -1.89. The molecular weight excluding hydrogens is 351 g/mol. The average molecular weight is 372 g/mol. The molecule has 1 aromatic rings. The van der Waals surface area contributed by atoms with Crippen molar-refractivity contribution in [3.63, 3.8) is 0 Å². The molecule has 1 amide bonds. The van der Waals surface area contributed by atoms with E-state index in [0.717, 1.165) is 12.1 Å². The third-order valence-corrected chi connectivity index (χ3v) is 5.74. The number of ether oxygens (including phenoxy) is 1. The Labute approximate surface area is 145 Å². The molecule has 9 heteroatoms. The van der Waals surface area contributed by atoms with Crippen LogP contribution in [0.25, 0.3) is 0 Å². The van der Waals surface area contributed by atoms with Gasteiger partial charge in [0.15, 0.2) is 16.4 Å². The van der Waals surface area contributed by atoms with E-state index in [0.29, 0.717) is 19.4 Å². The fourth-order valence-electron chi connectivity index (χ4n) is 2.78. The number of rotatable bonds is 6. The van der Waals surface area contributed by atoms with Crippen molar-refractivity contribution in [3.8, 4) is 0 Å². The normalized spacial score (nSPS) is 18.7. The molecule has 0 bridgehead atoms. The number of amides is 1. The lowest BCUT2D eigenvalue weighted by molar-refractivity contribution is -0.136. The summed E-state index contributed by atoms with van der Waals surface area (Å²) < 4.78 is 41.2. The lowest BCUT2D eigenvalue weighted by atomic mass is 10.2. The minimum atomic E-state index is -3.13. The summed E-state index contributed by atoms with van der Waals surface area (Å²) in [6.45, 7) is 1.73. The number of hydrogen-bond donors (Lipinski definition) is 1. The third kappa shape index (κ3) is 4.91. The number of benzene rings is 1. The maximum absolute atomic E-state index is 13.0. The minimum Gasteiger partial charge on any atom is -0.452 e. The van der Waals surface area contributed by atoms with Gasteiger partial charge in [0.25, 0.3) is 5.91 Å². The zero-order chi connectivity index (χ0) is 18.6. The van der Waals surface area contributed by atoms with E-state index in [1.165, 1.54) is 11.0 Å². The number of nitrogens with zero attached hydrogens (tertiary/aromatic N) is 1. The van der Waals surface area contributed by atoms with Crippen LogP contribution in [0.15, 0.2) is 18.2 Å². The van der Waals surface area contributed by atoms with Gasteiger partial charge in [-0.15, -0.1) is 0 Å². The van der Waals surface area contributed by atoms with Gasteiger partial charge < -0.3 is 15.4 Å². The van der Waals surface area contributed by atoms with E-state index in [2.05, 4.69) is 0 Å². The molecule has 1 fully saturated rings. The fraction of sp³-hybridized carbons (Fsp3) is 0.500. The molecule has 25 heavy (non-hydrogen) atoms. The minimum absolute atomic E-state index is 0.0281. The van der Waals surface area contributed by atoms with Gasteiger partial charge in [-0.2, -0.15) is 0 Å². The Morgan fingerprint density at radius 1 is 1.40 bits per heavy atom. The van der Waals surface area contributed by atoms with Crippen molar-refractivity contribution >= 4 is 27.4 Å². The maximum atomic E-state index is 13.0. The predicted octanol–water partition coefficient (Wildman–Crippen LogP) is 0.990. The van der Waals surface area contributed by atoms with Crippen LogP contribution in [-0.4, -0.2) is 55.9 Å². The van der Waals surface area contributed by atoms with E-state index in [1.807, 2.05) is 6.92 Å². The Morgan fingerprint density at radius 3 is 2.68 bits per heavy atom. The Morgan fingerprint density at radius 2 is 2.12 bits per heavy atom. The number of hydrogen-bond acceptors (Lipinski definition) is 6. The lowest BCUT2D eigenvalue weighted by Gasteiger charge is -2.27. The number of carbonyl (C=O) groups is 2. The molecule has 2 N–H and O–H groups in total. The average Bonchev–Trinajstić information content (AvgIpc) is 2.89. The van der Waals surface area contributed by atoms with Crippen LogP contribution < -0.4 is 5.73 Å². The number of halogens is 1. The molecule has 1 heterocycles. The molecular formula is C16H21FN2O5S. The molecule has 0 aliphatic carbocycles. The van der Waals surface area contributed by atoms with Crippen LogP contribution in [0, 0.1) is 5.82 Å². The van der Waals surface area contributed by atoms with Gasteiger partial charge in [-0.25, -0.2) is 17.6 Å². The molecule has 2 rings (SSSR count). The van der Waals surface area contributed by atoms with Crippen LogP contribution in [0.1, 0.15) is 30.1 Å². The second kappa shape index (κ2) is 7.81. The van der Waals surface area contributed by atoms with Crippen molar-refractivity contribution in [1.82, 2.24) is 4.90 Å². The molecule has 1 aromatic carbocycles. The van der Waals surface area contributed by atoms with Crippen molar-refractivity contribution in [1.29, 1.82) is 0 Å². The summed E-state index contributed by atoms with van der Waals surface area (Å²) in [4.78, 5) is 25.8. The zero-order valence-electron chi connectivity index (χ0n) is 13.9. The van der Waals surface area contributed by atoms with Crippen molar-refractivity contribution < 1.29 is 27.1 Å². The largest absolute Gasteiger partial charge is 0.452 e. The molecule has 1 atom stereocenters. The summed E-state index contributed by atoms with van der Waals surface area (Å²) in [5.41, 5.74) is 5.46. The highest BCUT2D eigenvalue weighted by molar-refractivity contribution is 7.91. The van der Waals surface area contributed by atoms with Gasteiger partial charge in [0.05, 0.1) is 17.1 Å². The molecule has 0 aromatic heterocycles. The van der Waals surface area contributed by atoms with E-state index in [9.17, 15) is 22.4 Å². The smallest absolute Gasteiger partial charge is 0.340 e. The Hall–Kier alpha value is -2.16. The quantitative estimate of drug-likeness (QED) is 0.589. The fourth-order valence-corrected chi connectivity index (χ4v) is 4.51. The van der Waals surface area contributed by atoms with Crippen LogP contribution in [0.3, 0.4) is 0 Å². The van der Waals surface area contributed by atoms with Gasteiger partial charge in [0.2, 0.25) is 0 Å². The second-order valence-corrected chi connectivity index (χ2v) is 8.18. The standard InChI is InChI=1S/C16H21FN2O5S/c1-2-6-19(12-5-7-25(22,23)10-12)15(20)9-24-16(21)13-4-3-11(17)8-14(13)18/h3-4,8,12H,2,5-7,9-10,18H2,1H3. The number of esters is 1. The van der Waals surface area contributed by atoms with E-state index in [-0.39, 0.29) is 22.8 Å². The summed E-state index contributed by atoms with van der Waals surface area (Å²) in [7, 11) is -3.13. The number of nitrogen functional groups attached to an aromatic ring is 1. The summed E-state index contributed by atoms with van der Waals surface area (Å²) in [6, 6.07) is 2.85. The number of carbonyl (C=O) groups excluding carboxylic acids is 2. The van der Waals surface area contributed by atoms with Gasteiger partial charge in [0, 0.05) is 18.3 Å². The monoisotopic (exact) mass is 372 g/mol. The number of nitrogens with two attached hydrogens (primary N) is 1. The van der Waals surface area contributed by atoms with Gasteiger partial charge in [-0.3, -0.25) is 4.79 Å². The molecule has 1 unspecified atom stereocenters. The van der Waals surface area contributed by atoms with Gasteiger partial charge in [-0.05, 0) is 31.0 Å². The van der Waals surface area contributed by atoms with E-state index < -0.39 is 40.2 Å². The van der Waals surface area contributed by atoms with Gasteiger partial charge in [-0.1, -0.05) is 6.92 Å². The molecule has 1 aliphatic rings. The third-order valence-electron chi connectivity index (χ3n) is 3.99. The molecule has 7 nitrogen and oxygen atoms in total. The Balaban J connectivity index is 2.00. The second-order valence-electron chi connectivity index (χ2n) is 5.95. The first-order chi connectivity index (χ1) is 11.7. The number of sulfone groups is 1. The van der Waals surface area contributed by atoms with Crippen molar-refractivity contribution in [2.45, 2.75) is 25.8 Å². The van der Waals surface area contributed by atoms with Crippen LogP contribution in [0.5, 0.6) is 0 Å². The van der Waals surface area contributed by atoms with Crippen LogP contribution >= 0.6 is 0 Å². The van der Waals surface area contributed by atoms with E-state index in [1.54, 1.807) is 0 Å². The highest BCUT2D eigenvalue weighted by atomic mass is 32.2. The van der Waals surface area contributed by atoms with Crippen molar-refractivity contribution in [3.05, 3.63) is 29.6 Å². The first-order valence-electron chi connectivity index (χ1n) is 7.95. The SMILES string of the molecule is CCCN(C(=O)COC(=O)c1ccc(F)cc1N)C1CCS(=O)(=O)C1. The lowest BCUT2D eigenvalue weighted by Crippen LogP contribution is -2.43. The summed E-state index contributed by atoms with van der Waals surface area (Å²) >= 11 is 0. The summed E-state index contributed by atoms with van der Waals surface area (Å²) in [5, 5.41) is 0. The van der Waals surface area contributed by atoms with Crippen LogP contribution in [0.4, 0.5) is 10.1 Å². The maximum Gasteiger partial charge on any atom is 0.340 e. The predicted molar refractivity (Wildman–Crippen MR) is 90.2 cm³/mol. The molecule has 0 radical (unpaired) electrons. The van der Waals surface area contributed by atoms with Crippen molar-refractivity contribution in [2.75, 3.05) is 30.4 Å². The first-order valence-corrected chi connectivity index (χ1v) is 9.77. The first kappa shape index (κ1) is 19.2.